The Morgan fingerprint density at radius 1 is 0.960 bits per heavy atom. The van der Waals surface area contributed by atoms with Gasteiger partial charge in [-0.1, -0.05) is 60.3 Å². The molecule has 0 rings (SSSR count). The maximum Gasteiger partial charge on any atom is 0.347 e. The molecule has 0 aliphatic carbocycles. The summed E-state index contributed by atoms with van der Waals surface area (Å²) in [5, 5.41) is 0. The van der Waals surface area contributed by atoms with Crippen LogP contribution in [0.3, 0.4) is 0 Å². The van der Waals surface area contributed by atoms with Crippen LogP contribution in [0, 0.1) is 16.7 Å². The molecule has 0 N–H and O–H groups in total. The van der Waals surface area contributed by atoms with Gasteiger partial charge in [-0.15, -0.1) is 0 Å². The lowest BCUT2D eigenvalue weighted by Crippen LogP contribution is -2.40. The van der Waals surface area contributed by atoms with Crippen molar-refractivity contribution in [2.45, 2.75) is 100 Å². The minimum absolute atomic E-state index is 0.00765. The number of hydrogen-bond acceptors (Lipinski definition) is 4. The first-order chi connectivity index (χ1) is 11.4. The zero-order chi connectivity index (χ0) is 19.7. The Bertz CT molecular complexity index is 407. The lowest BCUT2D eigenvalue weighted by Gasteiger charge is -2.32. The zero-order valence-electron chi connectivity index (χ0n) is 17.7. The number of unbranched alkanes of at least 4 members (excludes halogenated alkanes) is 3. The van der Waals surface area contributed by atoms with Crippen LogP contribution in [0.25, 0.3) is 0 Å². The van der Waals surface area contributed by atoms with E-state index in [1.165, 1.54) is 12.8 Å². The smallest absolute Gasteiger partial charge is 0.347 e. The quantitative estimate of drug-likeness (QED) is 0.361. The van der Waals surface area contributed by atoms with Gasteiger partial charge in [0, 0.05) is 5.92 Å². The first-order valence-corrected chi connectivity index (χ1v) is 9.82. The van der Waals surface area contributed by atoms with Crippen LogP contribution in [-0.4, -0.2) is 24.6 Å². The van der Waals surface area contributed by atoms with E-state index >= 15 is 0 Å². The van der Waals surface area contributed by atoms with Crippen LogP contribution in [0.1, 0.15) is 93.9 Å². The summed E-state index contributed by atoms with van der Waals surface area (Å²) in [6.07, 6.45) is 5.28. The number of carbonyl (C=O) groups excluding carboxylic acids is 2. The highest BCUT2D eigenvalue weighted by atomic mass is 16.6. The highest BCUT2D eigenvalue weighted by Crippen LogP contribution is 2.35. The van der Waals surface area contributed by atoms with Gasteiger partial charge in [-0.3, -0.25) is 4.79 Å². The molecule has 0 saturated heterocycles. The number of carbonyl (C=O) groups is 2. The Balaban J connectivity index is 4.98. The van der Waals surface area contributed by atoms with Gasteiger partial charge < -0.3 is 9.47 Å². The molecule has 0 heterocycles. The van der Waals surface area contributed by atoms with Crippen LogP contribution in [-0.2, 0) is 19.1 Å². The van der Waals surface area contributed by atoms with Gasteiger partial charge in [-0.2, -0.15) is 0 Å². The lowest BCUT2D eigenvalue weighted by atomic mass is 9.76. The molecule has 0 aliphatic rings. The zero-order valence-corrected chi connectivity index (χ0v) is 17.7. The fourth-order valence-electron chi connectivity index (χ4n) is 3.34. The maximum atomic E-state index is 12.7. The summed E-state index contributed by atoms with van der Waals surface area (Å²) in [6, 6.07) is 0. The number of rotatable bonds is 11. The van der Waals surface area contributed by atoms with Gasteiger partial charge >= 0.3 is 11.9 Å². The Labute approximate surface area is 155 Å². The third kappa shape index (κ3) is 9.86. The molecule has 2 unspecified atom stereocenters. The maximum absolute atomic E-state index is 12.7. The molecular weight excluding hydrogens is 316 g/mol. The van der Waals surface area contributed by atoms with Crippen molar-refractivity contribution in [1.82, 2.24) is 0 Å². The average molecular weight is 357 g/mol. The molecule has 0 aliphatic heterocycles. The van der Waals surface area contributed by atoms with Gasteiger partial charge in [0.05, 0.1) is 12.0 Å². The van der Waals surface area contributed by atoms with Crippen molar-refractivity contribution in [2.75, 3.05) is 6.61 Å². The Morgan fingerprint density at radius 2 is 1.56 bits per heavy atom. The minimum atomic E-state index is -0.812. The van der Waals surface area contributed by atoms with Crippen LogP contribution < -0.4 is 0 Å². The molecule has 25 heavy (non-hydrogen) atoms. The van der Waals surface area contributed by atoms with Gasteiger partial charge in [0.15, 0.2) is 0 Å². The van der Waals surface area contributed by atoms with E-state index in [9.17, 15) is 9.59 Å². The summed E-state index contributed by atoms with van der Waals surface area (Å²) in [5.74, 6) is -0.781. The summed E-state index contributed by atoms with van der Waals surface area (Å²) in [7, 11) is 0. The van der Waals surface area contributed by atoms with Crippen molar-refractivity contribution in [1.29, 1.82) is 0 Å². The molecule has 148 valence electrons. The van der Waals surface area contributed by atoms with Gasteiger partial charge in [0.1, 0.15) is 0 Å². The van der Waals surface area contributed by atoms with Gasteiger partial charge in [0.2, 0.25) is 6.10 Å². The summed E-state index contributed by atoms with van der Waals surface area (Å²) in [4.78, 5) is 25.0. The van der Waals surface area contributed by atoms with Crippen molar-refractivity contribution in [3.05, 3.63) is 0 Å². The number of esters is 2. The van der Waals surface area contributed by atoms with Gasteiger partial charge in [-0.25, -0.2) is 4.79 Å². The average Bonchev–Trinajstić information content (AvgIpc) is 2.46. The molecule has 0 spiro atoms. The second kappa shape index (κ2) is 10.8. The fraction of sp³-hybridized carbons (Fsp3) is 0.905. The second-order valence-corrected chi connectivity index (χ2v) is 9.03. The first kappa shape index (κ1) is 23.9. The molecule has 0 aromatic heterocycles. The molecule has 0 fully saturated rings. The SMILES string of the molecule is CCCCCCC(C)C(OC(=O)C(C)(C)CC(C)(C)C)C(=O)OCC. The first-order valence-electron chi connectivity index (χ1n) is 9.82. The van der Waals surface area contributed by atoms with E-state index in [0.717, 1.165) is 19.3 Å². The van der Waals surface area contributed by atoms with E-state index in [1.54, 1.807) is 6.92 Å². The van der Waals surface area contributed by atoms with Crippen molar-refractivity contribution in [3.8, 4) is 0 Å². The van der Waals surface area contributed by atoms with Crippen molar-refractivity contribution >= 4 is 11.9 Å². The second-order valence-electron chi connectivity index (χ2n) is 9.03. The van der Waals surface area contributed by atoms with Crippen LogP contribution in [0.15, 0.2) is 0 Å². The molecule has 4 heteroatoms. The summed E-state index contributed by atoms with van der Waals surface area (Å²) >= 11 is 0. The third-order valence-electron chi connectivity index (χ3n) is 4.31. The van der Waals surface area contributed by atoms with E-state index in [-0.39, 0.29) is 17.3 Å². The van der Waals surface area contributed by atoms with Crippen molar-refractivity contribution in [3.63, 3.8) is 0 Å². The summed E-state index contributed by atoms with van der Waals surface area (Å²) in [5.41, 5.74) is -0.626. The Morgan fingerprint density at radius 3 is 2.04 bits per heavy atom. The molecule has 0 amide bonds. The molecule has 0 saturated carbocycles. The molecule has 0 aromatic carbocycles. The van der Waals surface area contributed by atoms with E-state index < -0.39 is 17.5 Å². The van der Waals surface area contributed by atoms with Crippen LogP contribution in [0.5, 0.6) is 0 Å². The summed E-state index contributed by atoms with van der Waals surface area (Å²) < 4.78 is 10.8. The Kier molecular flexibility index (Phi) is 10.4. The third-order valence-corrected chi connectivity index (χ3v) is 4.31. The van der Waals surface area contributed by atoms with E-state index in [2.05, 4.69) is 27.7 Å². The molecule has 2 atom stereocenters. The van der Waals surface area contributed by atoms with Crippen LogP contribution >= 0.6 is 0 Å². The van der Waals surface area contributed by atoms with Crippen LogP contribution in [0.4, 0.5) is 0 Å². The lowest BCUT2D eigenvalue weighted by molar-refractivity contribution is -0.178. The molecular formula is C21H40O4. The Hall–Kier alpha value is -1.06. The van der Waals surface area contributed by atoms with E-state index in [4.69, 9.17) is 9.47 Å². The summed E-state index contributed by atoms with van der Waals surface area (Å²) in [6.45, 7) is 16.3. The standard InChI is InChI=1S/C21H40O4/c1-9-11-12-13-14-16(3)17(18(22)24-10-2)25-19(23)21(7,8)15-20(4,5)6/h16-17H,9-15H2,1-8H3. The van der Waals surface area contributed by atoms with Gasteiger partial charge in [0.25, 0.3) is 0 Å². The molecule has 0 aromatic rings. The predicted octanol–water partition coefficient (Wildman–Crippen LogP) is 5.53. The largest absolute Gasteiger partial charge is 0.463 e. The topological polar surface area (TPSA) is 52.6 Å². The van der Waals surface area contributed by atoms with Gasteiger partial charge in [-0.05, 0) is 39.0 Å². The normalized spacial score (nSPS) is 14.7. The predicted molar refractivity (Wildman–Crippen MR) is 102 cm³/mol. The van der Waals surface area contributed by atoms with Crippen molar-refractivity contribution < 1.29 is 19.1 Å². The fourth-order valence-corrected chi connectivity index (χ4v) is 3.34. The molecule has 0 radical (unpaired) electrons. The minimum Gasteiger partial charge on any atom is -0.463 e. The van der Waals surface area contributed by atoms with Crippen molar-refractivity contribution in [2.24, 2.45) is 16.7 Å². The highest BCUT2D eigenvalue weighted by Gasteiger charge is 2.38. The van der Waals surface area contributed by atoms with E-state index in [0.29, 0.717) is 13.0 Å². The highest BCUT2D eigenvalue weighted by molar-refractivity contribution is 5.82. The number of hydrogen-bond donors (Lipinski definition) is 0. The molecule has 4 nitrogen and oxygen atoms in total. The molecule has 0 bridgehead atoms. The van der Waals surface area contributed by atoms with Crippen LogP contribution in [0.2, 0.25) is 0 Å². The number of ether oxygens (including phenoxy) is 2. The monoisotopic (exact) mass is 356 g/mol. The van der Waals surface area contributed by atoms with E-state index in [1.807, 2.05) is 20.8 Å².